The van der Waals surface area contributed by atoms with Crippen LogP contribution in [0.4, 0.5) is 16.5 Å². The molecule has 0 radical (unpaired) electrons. The molecule has 2 aromatic heterocycles. The van der Waals surface area contributed by atoms with Gasteiger partial charge in [0.25, 0.3) is 6.01 Å². The lowest BCUT2D eigenvalue weighted by molar-refractivity contribution is -0.120. The summed E-state index contributed by atoms with van der Waals surface area (Å²) >= 11 is 0. The Morgan fingerprint density at radius 2 is 1.97 bits per heavy atom. The highest BCUT2D eigenvalue weighted by Gasteiger charge is 2.19. The van der Waals surface area contributed by atoms with Gasteiger partial charge in [-0.1, -0.05) is 6.07 Å². The van der Waals surface area contributed by atoms with E-state index in [1.165, 1.54) is 0 Å². The van der Waals surface area contributed by atoms with Crippen LogP contribution in [0.25, 0.3) is 10.9 Å². The summed E-state index contributed by atoms with van der Waals surface area (Å²) in [7, 11) is 1.70. The first-order valence-corrected chi connectivity index (χ1v) is 11.3. The van der Waals surface area contributed by atoms with Gasteiger partial charge in [0.15, 0.2) is 0 Å². The molecule has 2 heterocycles. The molecule has 0 unspecified atom stereocenters. The van der Waals surface area contributed by atoms with Gasteiger partial charge in [-0.2, -0.15) is 4.98 Å². The fraction of sp³-hybridized carbons (Fsp3) is 0.400. The van der Waals surface area contributed by atoms with Crippen LogP contribution in [-0.2, 0) is 16.0 Å². The molecule has 0 saturated carbocycles. The minimum atomic E-state index is -0.648. The van der Waals surface area contributed by atoms with Crippen molar-refractivity contribution in [3.05, 3.63) is 58.2 Å². The molecule has 0 atom stereocenters. The van der Waals surface area contributed by atoms with Crippen molar-refractivity contribution in [3.8, 4) is 0 Å². The fourth-order valence-corrected chi connectivity index (χ4v) is 3.37. The van der Waals surface area contributed by atoms with Crippen LogP contribution < -0.4 is 21.2 Å². The molecule has 3 aromatic rings. The number of nitrogens with zero attached hydrogens (tertiary/aromatic N) is 3. The predicted molar refractivity (Wildman–Crippen MR) is 134 cm³/mol. The zero-order chi connectivity index (χ0) is 25.6. The van der Waals surface area contributed by atoms with Crippen LogP contribution in [0.1, 0.15) is 38.3 Å². The van der Waals surface area contributed by atoms with Crippen molar-refractivity contribution in [2.75, 3.05) is 30.4 Å². The molecule has 10 nitrogen and oxygen atoms in total. The highest BCUT2D eigenvalue weighted by molar-refractivity contribution is 5.93. The Morgan fingerprint density at radius 3 is 2.66 bits per heavy atom. The number of amides is 2. The van der Waals surface area contributed by atoms with E-state index in [2.05, 4.69) is 20.6 Å². The van der Waals surface area contributed by atoms with Crippen molar-refractivity contribution in [2.24, 2.45) is 0 Å². The van der Waals surface area contributed by atoms with Crippen LogP contribution in [0.2, 0.25) is 0 Å². The van der Waals surface area contributed by atoms with Crippen LogP contribution in [0.5, 0.6) is 0 Å². The lowest BCUT2D eigenvalue weighted by Crippen LogP contribution is -2.30. The van der Waals surface area contributed by atoms with E-state index in [0.29, 0.717) is 36.3 Å². The Labute approximate surface area is 203 Å². The van der Waals surface area contributed by atoms with E-state index in [9.17, 15) is 14.4 Å². The van der Waals surface area contributed by atoms with Gasteiger partial charge in [0, 0.05) is 44.6 Å². The highest BCUT2D eigenvalue weighted by Crippen LogP contribution is 2.24. The average molecular weight is 482 g/mol. The number of aryl methyl sites for hydroxylation is 1. The molecule has 2 N–H and O–H groups in total. The summed E-state index contributed by atoms with van der Waals surface area (Å²) in [4.78, 5) is 47.2. The third-order valence-corrected chi connectivity index (χ3v) is 5.14. The van der Waals surface area contributed by atoms with Gasteiger partial charge in [-0.25, -0.2) is 9.59 Å². The summed E-state index contributed by atoms with van der Waals surface area (Å²) in [5, 5.41) is 5.79. The van der Waals surface area contributed by atoms with Crippen molar-refractivity contribution in [2.45, 2.75) is 46.1 Å². The summed E-state index contributed by atoms with van der Waals surface area (Å²) in [5.74, 6) is -0.113. The SMILES string of the molecule is Cc1c(NC(=O)OC(C)(C)C)ccc2nc(N(C)CCC(=O)NCCc3cccnc3)oc(=O)c12. The molecule has 186 valence electrons. The van der Waals surface area contributed by atoms with Gasteiger partial charge in [0.1, 0.15) is 5.60 Å². The number of carbonyl (C=O) groups is 2. The Balaban J connectivity index is 1.62. The number of anilines is 2. The zero-order valence-corrected chi connectivity index (χ0v) is 20.7. The van der Waals surface area contributed by atoms with Crippen LogP contribution in [0, 0.1) is 6.92 Å². The number of rotatable bonds is 8. The molecule has 0 aliphatic heterocycles. The van der Waals surface area contributed by atoms with Gasteiger partial charge in [-0.15, -0.1) is 0 Å². The molecule has 0 aliphatic rings. The molecular weight excluding hydrogens is 450 g/mol. The molecule has 35 heavy (non-hydrogen) atoms. The number of hydrogen-bond acceptors (Lipinski definition) is 8. The van der Waals surface area contributed by atoms with Crippen LogP contribution in [0.3, 0.4) is 0 Å². The zero-order valence-electron chi connectivity index (χ0n) is 20.7. The second-order valence-electron chi connectivity index (χ2n) is 9.18. The molecule has 0 fully saturated rings. The molecule has 3 rings (SSSR count). The number of pyridine rings is 1. The molecule has 0 bridgehead atoms. The number of nitrogens with one attached hydrogen (secondary N) is 2. The Morgan fingerprint density at radius 1 is 1.20 bits per heavy atom. The minimum Gasteiger partial charge on any atom is -0.444 e. The van der Waals surface area contributed by atoms with E-state index >= 15 is 0 Å². The molecule has 0 spiro atoms. The fourth-order valence-electron chi connectivity index (χ4n) is 3.37. The number of ether oxygens (including phenoxy) is 1. The van der Waals surface area contributed by atoms with Crippen LogP contribution in [0.15, 0.2) is 45.9 Å². The summed E-state index contributed by atoms with van der Waals surface area (Å²) in [6.07, 6.45) is 3.77. The molecule has 1 aromatic carbocycles. The quantitative estimate of drug-likeness (QED) is 0.501. The van der Waals surface area contributed by atoms with Crippen molar-refractivity contribution in [1.29, 1.82) is 0 Å². The molecule has 0 saturated heterocycles. The Hall–Kier alpha value is -3.95. The summed E-state index contributed by atoms with van der Waals surface area (Å²) in [6.45, 7) is 7.83. The smallest absolute Gasteiger partial charge is 0.412 e. The standard InChI is InChI=1S/C25H31N5O5/c1-16-18(29-24(33)35-25(2,3)4)8-9-19-21(16)22(32)34-23(28-19)30(5)14-11-20(31)27-13-10-17-7-6-12-26-15-17/h6-9,12,15H,10-11,13-14H2,1-5H3,(H,27,31)(H,29,33). The molecule has 0 aliphatic carbocycles. The first kappa shape index (κ1) is 25.7. The van der Waals surface area contributed by atoms with Gasteiger partial charge in [0.05, 0.1) is 10.9 Å². The second kappa shape index (κ2) is 11.0. The number of carbonyl (C=O) groups excluding carboxylic acids is 2. The monoisotopic (exact) mass is 481 g/mol. The maximum absolute atomic E-state index is 12.7. The average Bonchev–Trinajstić information content (AvgIpc) is 2.78. The Bertz CT molecular complexity index is 1250. The van der Waals surface area contributed by atoms with Gasteiger partial charge < -0.3 is 19.4 Å². The first-order valence-electron chi connectivity index (χ1n) is 11.3. The second-order valence-corrected chi connectivity index (χ2v) is 9.18. The normalized spacial score (nSPS) is 11.2. The van der Waals surface area contributed by atoms with E-state index in [-0.39, 0.29) is 23.7 Å². The highest BCUT2D eigenvalue weighted by atomic mass is 16.6. The summed E-state index contributed by atoms with van der Waals surface area (Å²) < 4.78 is 10.7. The topological polar surface area (TPSA) is 127 Å². The van der Waals surface area contributed by atoms with E-state index in [1.807, 2.05) is 12.1 Å². The Kier molecular flexibility index (Phi) is 8.06. The molecule has 2 amide bonds. The number of hydrogen-bond donors (Lipinski definition) is 2. The van der Waals surface area contributed by atoms with Crippen molar-refractivity contribution in [3.63, 3.8) is 0 Å². The maximum atomic E-state index is 12.7. The predicted octanol–water partition coefficient (Wildman–Crippen LogP) is 3.42. The van der Waals surface area contributed by atoms with E-state index in [1.54, 1.807) is 64.2 Å². The molecular formula is C25H31N5O5. The number of aromatic nitrogens is 2. The largest absolute Gasteiger partial charge is 0.444 e. The van der Waals surface area contributed by atoms with E-state index in [4.69, 9.17) is 9.15 Å². The van der Waals surface area contributed by atoms with Gasteiger partial charge in [-0.3, -0.25) is 15.1 Å². The first-order chi connectivity index (χ1) is 16.5. The third-order valence-electron chi connectivity index (χ3n) is 5.14. The van der Waals surface area contributed by atoms with Gasteiger partial charge in [0.2, 0.25) is 5.91 Å². The number of fused-ring (bicyclic) bond motifs is 1. The lowest BCUT2D eigenvalue weighted by atomic mass is 10.1. The summed E-state index contributed by atoms with van der Waals surface area (Å²) in [5.41, 5.74) is 1.21. The summed E-state index contributed by atoms with van der Waals surface area (Å²) in [6, 6.07) is 7.22. The minimum absolute atomic E-state index is 0.109. The van der Waals surface area contributed by atoms with Crippen LogP contribution in [-0.4, -0.2) is 47.7 Å². The van der Waals surface area contributed by atoms with E-state index in [0.717, 1.165) is 5.56 Å². The maximum Gasteiger partial charge on any atom is 0.412 e. The van der Waals surface area contributed by atoms with Crippen molar-refractivity contribution >= 4 is 34.6 Å². The van der Waals surface area contributed by atoms with Crippen molar-refractivity contribution < 1.29 is 18.7 Å². The molecule has 10 heteroatoms. The van der Waals surface area contributed by atoms with Crippen LogP contribution >= 0.6 is 0 Å². The van der Waals surface area contributed by atoms with Gasteiger partial charge in [-0.05, 0) is 63.4 Å². The number of benzene rings is 1. The van der Waals surface area contributed by atoms with E-state index < -0.39 is 17.3 Å². The van der Waals surface area contributed by atoms with Crippen molar-refractivity contribution in [1.82, 2.24) is 15.3 Å². The lowest BCUT2D eigenvalue weighted by Gasteiger charge is -2.20. The van der Waals surface area contributed by atoms with Gasteiger partial charge >= 0.3 is 11.7 Å². The third kappa shape index (κ3) is 7.26.